The molecule has 0 bridgehead atoms. The topological polar surface area (TPSA) is 75.2 Å². The minimum atomic E-state index is -0.777. The van der Waals surface area contributed by atoms with Crippen LogP contribution in [0.15, 0.2) is 104 Å². The van der Waals surface area contributed by atoms with Gasteiger partial charge in [-0.25, -0.2) is 0 Å². The normalized spacial score (nSPS) is 12.1. The molecular weight excluding hydrogens is 987 g/mol. The number of aromatic nitrogens is 3. The molecule has 6 aromatic rings. The van der Waals surface area contributed by atoms with Crippen molar-refractivity contribution in [1.82, 2.24) is 14.5 Å². The number of nitrogens with zero attached hydrogens (tertiary/aromatic N) is 2. The molecule has 2 radical (unpaired) electrons. The number of hydrogen-bond acceptors (Lipinski definition) is 3. The van der Waals surface area contributed by atoms with Crippen LogP contribution in [0.4, 0.5) is 4.79 Å². The SMILES string of the molecule is Brc1ccc2[nH]c(C3=CN=CC3)cc2c1.Brc1ccc2[nH]ccc2c1.CCCCCCCC.CCC[CH2][Sn][c]1cc2cc(Br)ccc2n1C(=O)OC(C)(C)C. The van der Waals surface area contributed by atoms with Crippen molar-refractivity contribution in [3.8, 4) is 0 Å². The minimum absolute atomic E-state index is 0.253. The zero-order valence-electron chi connectivity index (χ0n) is 33.1. The number of halogens is 3. The van der Waals surface area contributed by atoms with E-state index in [4.69, 9.17) is 4.74 Å². The van der Waals surface area contributed by atoms with Gasteiger partial charge in [-0.05, 0) is 54.1 Å². The summed E-state index contributed by atoms with van der Waals surface area (Å²) in [4.78, 5) is 23.3. The summed E-state index contributed by atoms with van der Waals surface area (Å²) in [6, 6.07) is 24.8. The molecule has 0 aliphatic carbocycles. The number of benzene rings is 3. The molecule has 0 atom stereocenters. The van der Waals surface area contributed by atoms with E-state index in [2.05, 4.69) is 132 Å². The van der Waals surface area contributed by atoms with Crippen molar-refractivity contribution in [3.63, 3.8) is 0 Å². The molecule has 0 saturated heterocycles. The van der Waals surface area contributed by atoms with Crippen LogP contribution >= 0.6 is 47.8 Å². The van der Waals surface area contributed by atoms with Crippen molar-refractivity contribution in [1.29, 1.82) is 0 Å². The van der Waals surface area contributed by atoms with E-state index in [9.17, 15) is 4.79 Å². The van der Waals surface area contributed by atoms with Crippen molar-refractivity contribution in [2.24, 2.45) is 4.99 Å². The van der Waals surface area contributed by atoms with Crippen molar-refractivity contribution in [2.75, 3.05) is 0 Å². The van der Waals surface area contributed by atoms with Crippen molar-refractivity contribution < 1.29 is 9.53 Å². The Labute approximate surface area is 363 Å². The van der Waals surface area contributed by atoms with Crippen LogP contribution in [0.3, 0.4) is 0 Å². The Kier molecular flexibility index (Phi) is 18.8. The number of nitrogens with one attached hydrogen (secondary N) is 2. The molecule has 3 aromatic carbocycles. The van der Waals surface area contributed by atoms with E-state index >= 15 is 0 Å². The number of rotatable bonds is 10. The molecule has 6 nitrogen and oxygen atoms in total. The number of hydrogen-bond donors (Lipinski definition) is 2. The first kappa shape index (κ1) is 45.1. The summed E-state index contributed by atoms with van der Waals surface area (Å²) < 4.78 is 13.1. The fourth-order valence-electron chi connectivity index (χ4n) is 5.89. The monoisotopic (exact) mass is 1040 g/mol. The number of unbranched alkanes of at least 4 members (excludes halogenated alkanes) is 6. The van der Waals surface area contributed by atoms with Crippen LogP contribution in [0.25, 0.3) is 38.3 Å². The summed E-state index contributed by atoms with van der Waals surface area (Å²) in [5.74, 6) is 0. The first-order chi connectivity index (χ1) is 26.4. The molecule has 0 amide bonds. The van der Waals surface area contributed by atoms with Gasteiger partial charge in [0.1, 0.15) is 0 Å². The predicted octanol–water partition coefficient (Wildman–Crippen LogP) is 14.8. The van der Waals surface area contributed by atoms with Gasteiger partial charge in [-0.1, -0.05) is 84.2 Å². The van der Waals surface area contributed by atoms with Gasteiger partial charge in [-0.15, -0.1) is 0 Å². The number of allylic oxidation sites excluding steroid dienone is 1. The maximum atomic E-state index is 12.6. The molecule has 2 N–H and O–H groups in total. The van der Waals surface area contributed by atoms with E-state index in [0.717, 1.165) is 30.7 Å². The van der Waals surface area contributed by atoms with Crippen molar-refractivity contribution >= 4 is 123 Å². The summed E-state index contributed by atoms with van der Waals surface area (Å²) in [6.45, 7) is 12.4. The second-order valence-corrected chi connectivity index (χ2v) is 21.2. The van der Waals surface area contributed by atoms with Gasteiger partial charge in [0.25, 0.3) is 0 Å². The molecule has 3 aromatic heterocycles. The fourth-order valence-corrected chi connectivity index (χ4v) is 11.1. The van der Waals surface area contributed by atoms with Crippen LogP contribution < -0.4 is 3.71 Å². The number of aromatic amines is 2. The van der Waals surface area contributed by atoms with E-state index in [1.54, 1.807) is 4.57 Å². The molecule has 292 valence electrons. The second-order valence-electron chi connectivity index (χ2n) is 14.6. The molecule has 4 heterocycles. The van der Waals surface area contributed by atoms with E-state index in [-0.39, 0.29) is 6.09 Å². The molecule has 0 unspecified atom stereocenters. The van der Waals surface area contributed by atoms with Crippen LogP contribution in [0.5, 0.6) is 0 Å². The van der Waals surface area contributed by atoms with Gasteiger partial charge in [-0.3, -0.25) is 4.99 Å². The van der Waals surface area contributed by atoms with Gasteiger partial charge in [0.05, 0.1) is 0 Å². The Morgan fingerprint density at radius 1 is 0.764 bits per heavy atom. The Hall–Kier alpha value is -2.60. The van der Waals surface area contributed by atoms with Gasteiger partial charge >= 0.3 is 151 Å². The summed E-state index contributed by atoms with van der Waals surface area (Å²) >= 11 is 9.60. The van der Waals surface area contributed by atoms with Crippen molar-refractivity contribution in [2.45, 2.75) is 109 Å². The third-order valence-corrected chi connectivity index (χ3v) is 14.0. The Morgan fingerprint density at radius 2 is 1.38 bits per heavy atom. The molecule has 1 aliphatic heterocycles. The van der Waals surface area contributed by atoms with Crippen LogP contribution in [0.2, 0.25) is 4.44 Å². The quantitative estimate of drug-likeness (QED) is 0.106. The summed E-state index contributed by atoms with van der Waals surface area (Å²) in [6.07, 6.45) is 17.4. The van der Waals surface area contributed by atoms with Crippen LogP contribution in [-0.4, -0.2) is 53.6 Å². The summed E-state index contributed by atoms with van der Waals surface area (Å²) in [7, 11) is 0. The first-order valence-corrected chi connectivity index (χ1v) is 25.2. The molecular formula is C45H55Br3N4O2Sn. The molecule has 0 spiro atoms. The number of carbonyl (C=O) groups is 1. The molecule has 7 rings (SSSR count). The molecule has 55 heavy (non-hydrogen) atoms. The summed E-state index contributed by atoms with van der Waals surface area (Å²) in [5.41, 5.74) is 5.24. The number of H-pyrrole nitrogens is 2. The molecule has 0 saturated carbocycles. The van der Waals surface area contributed by atoms with E-state index < -0.39 is 26.7 Å². The third kappa shape index (κ3) is 14.7. The molecule has 0 fully saturated rings. The van der Waals surface area contributed by atoms with Crippen LogP contribution in [0, 0.1) is 0 Å². The first-order valence-electron chi connectivity index (χ1n) is 19.4. The number of fused-ring (bicyclic) bond motifs is 3. The van der Waals surface area contributed by atoms with E-state index in [1.807, 2.05) is 63.6 Å². The number of ether oxygens (including phenoxy) is 1. The van der Waals surface area contributed by atoms with Crippen molar-refractivity contribution in [3.05, 3.63) is 104 Å². The maximum absolute atomic E-state index is 12.6. The molecule has 10 heteroatoms. The number of aliphatic imine (C=N–C) groups is 1. The van der Waals surface area contributed by atoms with Gasteiger partial charge in [-0.2, -0.15) is 0 Å². The zero-order chi connectivity index (χ0) is 39.8. The van der Waals surface area contributed by atoms with E-state index in [1.165, 1.54) is 92.6 Å². The second kappa shape index (κ2) is 23.0. The Bertz CT molecular complexity index is 2170. The summed E-state index contributed by atoms with van der Waals surface area (Å²) in [5, 5.41) is 3.58. The average molecular weight is 1040 g/mol. The Morgan fingerprint density at radius 3 is 2.00 bits per heavy atom. The molecule has 1 aliphatic rings. The average Bonchev–Trinajstić information content (AvgIpc) is 3.96. The zero-order valence-corrected chi connectivity index (χ0v) is 40.7. The van der Waals surface area contributed by atoms with E-state index in [0.29, 0.717) is 0 Å². The van der Waals surface area contributed by atoms with Crippen LogP contribution in [0.1, 0.15) is 105 Å². The van der Waals surface area contributed by atoms with Gasteiger partial charge < -0.3 is 9.97 Å². The van der Waals surface area contributed by atoms with Gasteiger partial charge in [0.15, 0.2) is 0 Å². The number of carbonyl (C=O) groups excluding carboxylic acids is 1. The third-order valence-electron chi connectivity index (χ3n) is 8.72. The standard InChI is InChI=1S/C13H13BrNO2.C12H9BrN2.C8H6BrN.C8H18.C4H9.Sn/c1-13(2,3)17-12(16)15-7-6-9-8-10(14)4-5-11(9)15;13-10-1-2-11-9(5-10)6-12(15-11)8-3-4-14-7-8;9-7-1-2-8-6(5-7)3-4-10-8;1-3-5-7-8-6-4-2;1-3-4-2;/h4-6,8H,1-3H3;1-2,4-7,15H,3H2;1-5,10H;3-8H2,1-2H3;1,3-4H2,2H3;. The van der Waals surface area contributed by atoms with Gasteiger partial charge in [0.2, 0.25) is 0 Å². The Balaban J connectivity index is 0.000000176. The van der Waals surface area contributed by atoms with Crippen LogP contribution in [-0.2, 0) is 4.74 Å². The fraction of sp³-hybridized carbons (Fsp3) is 0.378. The predicted molar refractivity (Wildman–Crippen MR) is 249 cm³/mol. The van der Waals surface area contributed by atoms with Gasteiger partial charge in [0, 0.05) is 61.5 Å².